The first kappa shape index (κ1) is 12.3. The van der Waals surface area contributed by atoms with E-state index in [-0.39, 0.29) is 0 Å². The highest BCUT2D eigenvalue weighted by Crippen LogP contribution is 2.29. The van der Waals surface area contributed by atoms with Gasteiger partial charge in [0.1, 0.15) is 0 Å². The number of allylic oxidation sites excluding steroid dienone is 1. The average molecular weight is 230 g/mol. The average Bonchev–Trinajstić information content (AvgIpc) is 2.62. The molecule has 2 heteroatoms. The van der Waals surface area contributed by atoms with Gasteiger partial charge in [-0.2, -0.15) is 0 Å². The quantitative estimate of drug-likeness (QED) is 0.803. The predicted molar refractivity (Wildman–Crippen MR) is 71.9 cm³/mol. The number of aryl methyl sites for hydroxylation is 1. The van der Waals surface area contributed by atoms with Crippen molar-refractivity contribution in [3.63, 3.8) is 0 Å². The summed E-state index contributed by atoms with van der Waals surface area (Å²) in [5.74, 6) is 0. The summed E-state index contributed by atoms with van der Waals surface area (Å²) in [5, 5.41) is 3.43. The van der Waals surface area contributed by atoms with Gasteiger partial charge in [-0.3, -0.25) is 4.98 Å². The van der Waals surface area contributed by atoms with Crippen molar-refractivity contribution in [2.75, 3.05) is 7.05 Å². The highest BCUT2D eigenvalue weighted by molar-refractivity contribution is 5.29. The number of nitrogens with one attached hydrogen (secondary N) is 1. The second kappa shape index (κ2) is 5.97. The summed E-state index contributed by atoms with van der Waals surface area (Å²) in [6, 6.07) is 4.45. The van der Waals surface area contributed by atoms with E-state index in [1.807, 2.05) is 19.3 Å². The van der Waals surface area contributed by atoms with E-state index >= 15 is 0 Å². The molecule has 1 aromatic heterocycles. The van der Waals surface area contributed by atoms with E-state index in [2.05, 4.69) is 29.4 Å². The van der Waals surface area contributed by atoms with Crippen LogP contribution >= 0.6 is 0 Å². The van der Waals surface area contributed by atoms with E-state index in [0.717, 1.165) is 0 Å². The molecule has 0 radical (unpaired) electrons. The molecule has 1 aliphatic rings. The van der Waals surface area contributed by atoms with Gasteiger partial charge in [0.05, 0.1) is 11.7 Å². The Bertz CT molecular complexity index is 396. The van der Waals surface area contributed by atoms with Crippen LogP contribution in [0.1, 0.15) is 49.4 Å². The Balaban J connectivity index is 2.26. The van der Waals surface area contributed by atoms with Crippen LogP contribution in [0.4, 0.5) is 0 Å². The zero-order valence-electron chi connectivity index (χ0n) is 10.9. The smallest absolute Gasteiger partial charge is 0.0711 e. The minimum Gasteiger partial charge on any atom is -0.308 e. The lowest BCUT2D eigenvalue weighted by Crippen LogP contribution is -2.21. The maximum Gasteiger partial charge on any atom is 0.0711 e. The maximum absolute atomic E-state index is 4.55. The van der Waals surface area contributed by atoms with Gasteiger partial charge in [0.25, 0.3) is 0 Å². The molecule has 0 saturated heterocycles. The molecule has 1 aliphatic carbocycles. The second-order valence-electron chi connectivity index (χ2n) is 4.81. The maximum atomic E-state index is 4.55. The molecule has 1 aromatic rings. The molecule has 0 fully saturated rings. The molecule has 0 saturated carbocycles. The summed E-state index contributed by atoms with van der Waals surface area (Å²) in [7, 11) is 2.03. The molecule has 0 aromatic carbocycles. The van der Waals surface area contributed by atoms with Crippen LogP contribution in [-0.4, -0.2) is 12.0 Å². The van der Waals surface area contributed by atoms with Gasteiger partial charge in [-0.15, -0.1) is 0 Å². The van der Waals surface area contributed by atoms with Crippen LogP contribution < -0.4 is 5.32 Å². The van der Waals surface area contributed by atoms with Crippen LogP contribution in [-0.2, 0) is 0 Å². The van der Waals surface area contributed by atoms with Crippen molar-refractivity contribution in [1.82, 2.24) is 10.3 Å². The Morgan fingerprint density at radius 2 is 2.18 bits per heavy atom. The van der Waals surface area contributed by atoms with Gasteiger partial charge in [0.15, 0.2) is 0 Å². The van der Waals surface area contributed by atoms with E-state index in [4.69, 9.17) is 0 Å². The minimum atomic E-state index is 0.300. The van der Waals surface area contributed by atoms with Gasteiger partial charge < -0.3 is 5.32 Å². The van der Waals surface area contributed by atoms with Crippen molar-refractivity contribution in [3.05, 3.63) is 41.2 Å². The molecule has 0 aliphatic heterocycles. The van der Waals surface area contributed by atoms with Crippen molar-refractivity contribution in [2.45, 2.75) is 45.1 Å². The lowest BCUT2D eigenvalue weighted by Gasteiger charge is -2.20. The van der Waals surface area contributed by atoms with Gasteiger partial charge >= 0.3 is 0 Å². The van der Waals surface area contributed by atoms with Gasteiger partial charge in [0.2, 0.25) is 0 Å². The summed E-state index contributed by atoms with van der Waals surface area (Å²) in [6.07, 6.45) is 10.8. The number of aromatic nitrogens is 1. The van der Waals surface area contributed by atoms with Crippen LogP contribution in [0.5, 0.6) is 0 Å². The molecule has 0 bridgehead atoms. The van der Waals surface area contributed by atoms with E-state index in [9.17, 15) is 0 Å². The van der Waals surface area contributed by atoms with E-state index < -0.39 is 0 Å². The second-order valence-corrected chi connectivity index (χ2v) is 4.81. The van der Waals surface area contributed by atoms with Crippen molar-refractivity contribution in [1.29, 1.82) is 0 Å². The third-order valence-corrected chi connectivity index (χ3v) is 3.56. The highest BCUT2D eigenvalue weighted by Gasteiger charge is 2.18. The Labute approximate surface area is 104 Å². The monoisotopic (exact) mass is 230 g/mol. The highest BCUT2D eigenvalue weighted by atomic mass is 14.9. The standard InChI is InChI=1S/C15H22N2/c1-12-8-7-11-17-14(12)15(16-2)13-9-5-3-4-6-10-13/h7-9,11,15-16H,3-6,10H2,1-2H3. The first-order chi connectivity index (χ1) is 8.33. The Hall–Kier alpha value is -1.15. The van der Waals surface area contributed by atoms with Crippen LogP contribution in [0, 0.1) is 6.92 Å². The number of pyridine rings is 1. The number of nitrogens with zero attached hydrogens (tertiary/aromatic N) is 1. The largest absolute Gasteiger partial charge is 0.308 e. The van der Waals surface area contributed by atoms with Crippen LogP contribution in [0.3, 0.4) is 0 Å². The van der Waals surface area contributed by atoms with Gasteiger partial charge in [0, 0.05) is 6.20 Å². The van der Waals surface area contributed by atoms with E-state index in [1.165, 1.54) is 48.9 Å². The topological polar surface area (TPSA) is 24.9 Å². The molecular formula is C15H22N2. The molecule has 2 nitrogen and oxygen atoms in total. The van der Waals surface area contributed by atoms with E-state index in [0.29, 0.717) is 6.04 Å². The van der Waals surface area contributed by atoms with Crippen molar-refractivity contribution < 1.29 is 0 Å². The molecule has 92 valence electrons. The van der Waals surface area contributed by atoms with Gasteiger partial charge in [-0.05, 0) is 51.3 Å². The number of likely N-dealkylation sites (N-methyl/N-ethyl adjacent to an activating group) is 1. The third kappa shape index (κ3) is 2.95. The molecule has 0 spiro atoms. The number of hydrogen-bond acceptors (Lipinski definition) is 2. The fourth-order valence-electron chi connectivity index (χ4n) is 2.60. The SMILES string of the molecule is CNC(C1=CCCCCC1)c1ncccc1C. The van der Waals surface area contributed by atoms with Crippen LogP contribution in [0.15, 0.2) is 30.0 Å². The fourth-order valence-corrected chi connectivity index (χ4v) is 2.60. The number of hydrogen-bond donors (Lipinski definition) is 1. The summed E-state index contributed by atoms with van der Waals surface area (Å²) < 4.78 is 0. The third-order valence-electron chi connectivity index (χ3n) is 3.56. The number of rotatable bonds is 3. The first-order valence-corrected chi connectivity index (χ1v) is 6.60. The lowest BCUT2D eigenvalue weighted by molar-refractivity contribution is 0.612. The molecule has 1 heterocycles. The predicted octanol–water partition coefficient (Wildman–Crippen LogP) is 3.54. The zero-order chi connectivity index (χ0) is 12.1. The summed E-state index contributed by atoms with van der Waals surface area (Å²) in [6.45, 7) is 2.14. The molecule has 17 heavy (non-hydrogen) atoms. The molecular weight excluding hydrogens is 208 g/mol. The fraction of sp³-hybridized carbons (Fsp3) is 0.533. The summed E-state index contributed by atoms with van der Waals surface area (Å²) in [4.78, 5) is 4.55. The lowest BCUT2D eigenvalue weighted by atomic mass is 9.96. The Morgan fingerprint density at radius 3 is 2.94 bits per heavy atom. The van der Waals surface area contributed by atoms with Crippen molar-refractivity contribution >= 4 is 0 Å². The molecule has 2 rings (SSSR count). The Kier molecular flexibility index (Phi) is 4.32. The van der Waals surface area contributed by atoms with Crippen molar-refractivity contribution in [3.8, 4) is 0 Å². The van der Waals surface area contributed by atoms with Gasteiger partial charge in [-0.1, -0.05) is 24.1 Å². The van der Waals surface area contributed by atoms with Crippen molar-refractivity contribution in [2.24, 2.45) is 0 Å². The molecule has 1 atom stereocenters. The van der Waals surface area contributed by atoms with Crippen LogP contribution in [0.2, 0.25) is 0 Å². The van der Waals surface area contributed by atoms with Gasteiger partial charge in [-0.25, -0.2) is 0 Å². The Morgan fingerprint density at radius 1 is 1.29 bits per heavy atom. The first-order valence-electron chi connectivity index (χ1n) is 6.60. The van der Waals surface area contributed by atoms with Crippen LogP contribution in [0.25, 0.3) is 0 Å². The normalized spacial score (nSPS) is 18.4. The summed E-state index contributed by atoms with van der Waals surface area (Å²) >= 11 is 0. The molecule has 1 unspecified atom stereocenters. The van der Waals surface area contributed by atoms with E-state index in [1.54, 1.807) is 0 Å². The molecule has 1 N–H and O–H groups in total. The molecule has 0 amide bonds. The summed E-state index contributed by atoms with van der Waals surface area (Å²) in [5.41, 5.74) is 3.98. The zero-order valence-corrected chi connectivity index (χ0v) is 10.9. The minimum absolute atomic E-state index is 0.300.